The lowest BCUT2D eigenvalue weighted by molar-refractivity contribution is 0.0965. The fourth-order valence-electron chi connectivity index (χ4n) is 3.83. The smallest absolute Gasteiger partial charge is 0.416 e. The maximum absolute atomic E-state index is 13.6. The van der Waals surface area contributed by atoms with Crippen molar-refractivity contribution in [1.82, 2.24) is 24.3 Å². The van der Waals surface area contributed by atoms with Crippen LogP contribution in [-0.4, -0.2) is 82.7 Å². The van der Waals surface area contributed by atoms with Crippen LogP contribution in [-0.2, 0) is 12.0 Å². The van der Waals surface area contributed by atoms with Gasteiger partial charge in [-0.2, -0.15) is 4.52 Å². The van der Waals surface area contributed by atoms with Gasteiger partial charge in [-0.1, -0.05) is 20.8 Å². The molecule has 206 valence electrons. The summed E-state index contributed by atoms with van der Waals surface area (Å²) in [6.45, 7) is 9.41. The number of rotatable bonds is 8. The molecule has 0 spiro atoms. The number of benzene rings is 1. The molecule has 2 heterocycles. The van der Waals surface area contributed by atoms with Crippen molar-refractivity contribution in [2.75, 3.05) is 41.5 Å². The highest BCUT2D eigenvalue weighted by Gasteiger charge is 2.26. The highest BCUT2D eigenvalue weighted by molar-refractivity contribution is 5.97. The number of aliphatic hydroxyl groups excluding tert-OH is 1. The molecule has 0 saturated carbocycles. The van der Waals surface area contributed by atoms with Gasteiger partial charge in [0.15, 0.2) is 22.9 Å². The molecule has 0 bridgehead atoms. The molecular formula is C26H36N6O6. The highest BCUT2D eigenvalue weighted by Crippen LogP contribution is 2.40. The SMILES string of the molecule is CN=c1n(CC(=O)c2cc(OCCO)c(OC)c(C(C)(C)C)c2)nc2c(C)c(C)c(OC(=O)N(C)C)nn12. The Labute approximate surface area is 221 Å². The molecule has 12 heteroatoms. The van der Waals surface area contributed by atoms with Crippen molar-refractivity contribution in [2.24, 2.45) is 4.99 Å². The minimum absolute atomic E-state index is 0.0582. The number of aromatic nitrogens is 4. The number of carbonyl (C=O) groups is 2. The maximum Gasteiger partial charge on any atom is 0.416 e. The third-order valence-corrected chi connectivity index (χ3v) is 6.03. The highest BCUT2D eigenvalue weighted by atomic mass is 16.6. The molecule has 0 aliphatic carbocycles. The van der Waals surface area contributed by atoms with Crippen LogP contribution >= 0.6 is 0 Å². The Hall–Kier alpha value is -3.93. The second-order valence-electron chi connectivity index (χ2n) is 10.0. The van der Waals surface area contributed by atoms with Gasteiger partial charge in [0.25, 0.3) is 0 Å². The zero-order valence-corrected chi connectivity index (χ0v) is 23.4. The van der Waals surface area contributed by atoms with E-state index in [2.05, 4.69) is 15.2 Å². The molecule has 0 aliphatic rings. The summed E-state index contributed by atoms with van der Waals surface area (Å²) in [6.07, 6.45) is -0.564. The van der Waals surface area contributed by atoms with Gasteiger partial charge in [-0.05, 0) is 31.4 Å². The number of fused-ring (bicyclic) bond motifs is 1. The summed E-state index contributed by atoms with van der Waals surface area (Å²) >= 11 is 0. The van der Waals surface area contributed by atoms with Gasteiger partial charge in [-0.15, -0.1) is 10.2 Å². The average molecular weight is 529 g/mol. The van der Waals surface area contributed by atoms with E-state index in [0.29, 0.717) is 33.9 Å². The maximum atomic E-state index is 13.6. The lowest BCUT2D eigenvalue weighted by atomic mass is 9.84. The van der Waals surface area contributed by atoms with Gasteiger partial charge in [0, 0.05) is 43.4 Å². The van der Waals surface area contributed by atoms with Crippen molar-refractivity contribution in [3.05, 3.63) is 40.0 Å². The Balaban J connectivity index is 2.10. The second-order valence-corrected chi connectivity index (χ2v) is 10.0. The number of ether oxygens (including phenoxy) is 3. The van der Waals surface area contributed by atoms with E-state index in [9.17, 15) is 14.7 Å². The molecule has 0 radical (unpaired) electrons. The topological polar surface area (TPSA) is 133 Å². The van der Waals surface area contributed by atoms with Crippen molar-refractivity contribution < 1.29 is 28.9 Å². The van der Waals surface area contributed by atoms with Crippen molar-refractivity contribution >= 4 is 17.5 Å². The van der Waals surface area contributed by atoms with E-state index in [0.717, 1.165) is 11.1 Å². The average Bonchev–Trinajstić information content (AvgIpc) is 3.21. The lowest BCUT2D eigenvalue weighted by Crippen LogP contribution is -2.29. The van der Waals surface area contributed by atoms with E-state index >= 15 is 0 Å². The molecular weight excluding hydrogens is 492 g/mol. The van der Waals surface area contributed by atoms with Crippen LogP contribution in [0, 0.1) is 13.8 Å². The first-order chi connectivity index (χ1) is 17.8. The number of aliphatic hydroxyl groups is 1. The van der Waals surface area contributed by atoms with Crippen LogP contribution in [0.25, 0.3) is 5.65 Å². The molecule has 3 aromatic rings. The van der Waals surface area contributed by atoms with E-state index in [1.807, 2.05) is 27.7 Å². The number of nitrogens with zero attached hydrogens (tertiary/aromatic N) is 6. The summed E-state index contributed by atoms with van der Waals surface area (Å²) < 4.78 is 19.7. The summed E-state index contributed by atoms with van der Waals surface area (Å²) in [5.74, 6) is 0.782. The normalized spacial score (nSPS) is 12.1. The van der Waals surface area contributed by atoms with Crippen LogP contribution in [0.2, 0.25) is 0 Å². The number of hydrogen-bond acceptors (Lipinski definition) is 9. The Kier molecular flexibility index (Phi) is 8.45. The molecule has 2 aromatic heterocycles. The van der Waals surface area contributed by atoms with Crippen LogP contribution in [0.5, 0.6) is 17.4 Å². The summed E-state index contributed by atoms with van der Waals surface area (Å²) in [5.41, 5.74) is 3.01. The van der Waals surface area contributed by atoms with Crippen LogP contribution in [0.3, 0.4) is 0 Å². The largest absolute Gasteiger partial charge is 0.493 e. The third-order valence-electron chi connectivity index (χ3n) is 6.03. The molecule has 38 heavy (non-hydrogen) atoms. The summed E-state index contributed by atoms with van der Waals surface area (Å²) in [5, 5.41) is 18.3. The second kappa shape index (κ2) is 11.2. The van der Waals surface area contributed by atoms with Crippen LogP contribution in [0.4, 0.5) is 4.79 Å². The fraction of sp³-hybridized carbons (Fsp3) is 0.500. The van der Waals surface area contributed by atoms with Crippen molar-refractivity contribution in [3.8, 4) is 17.4 Å². The number of amides is 1. The molecule has 0 atom stereocenters. The van der Waals surface area contributed by atoms with Crippen LogP contribution < -0.4 is 19.8 Å². The fourth-order valence-corrected chi connectivity index (χ4v) is 3.83. The van der Waals surface area contributed by atoms with Crippen molar-refractivity contribution in [2.45, 2.75) is 46.6 Å². The molecule has 0 unspecified atom stereocenters. The lowest BCUT2D eigenvalue weighted by Gasteiger charge is -2.25. The first-order valence-electron chi connectivity index (χ1n) is 12.1. The van der Waals surface area contributed by atoms with Crippen LogP contribution in [0.1, 0.15) is 47.8 Å². The number of ketones is 1. The van der Waals surface area contributed by atoms with E-state index in [1.165, 1.54) is 14.1 Å². The van der Waals surface area contributed by atoms with Gasteiger partial charge in [-0.25, -0.2) is 9.48 Å². The summed E-state index contributed by atoms with van der Waals surface area (Å²) in [7, 11) is 6.27. The number of aryl methyl sites for hydroxylation is 1. The first kappa shape index (κ1) is 28.6. The van der Waals surface area contributed by atoms with Gasteiger partial charge < -0.3 is 24.2 Å². The Morgan fingerprint density at radius 2 is 1.82 bits per heavy atom. The quantitative estimate of drug-likeness (QED) is 0.441. The van der Waals surface area contributed by atoms with Gasteiger partial charge in [0.05, 0.1) is 13.7 Å². The van der Waals surface area contributed by atoms with Gasteiger partial charge in [0.2, 0.25) is 11.5 Å². The Morgan fingerprint density at radius 1 is 1.13 bits per heavy atom. The van der Waals surface area contributed by atoms with Crippen molar-refractivity contribution in [3.63, 3.8) is 0 Å². The van der Waals surface area contributed by atoms with Crippen LogP contribution in [0.15, 0.2) is 17.1 Å². The molecule has 0 aliphatic heterocycles. The standard InChI is InChI=1S/C26H36N6O6/c1-15-16(2)23(38-25(35)30(7)8)29-32-22(15)28-31(24(32)27-6)14-19(34)17-12-18(26(3,4)5)21(36-9)20(13-17)37-11-10-33/h12-13,33H,10-11,14H2,1-9H3. The number of hydrogen-bond donors (Lipinski definition) is 1. The first-order valence-corrected chi connectivity index (χ1v) is 12.1. The Morgan fingerprint density at radius 3 is 2.37 bits per heavy atom. The molecule has 1 aromatic carbocycles. The molecule has 12 nitrogen and oxygen atoms in total. The molecule has 0 fully saturated rings. The summed E-state index contributed by atoms with van der Waals surface area (Å²) in [4.78, 5) is 31.3. The molecule has 1 amide bonds. The summed E-state index contributed by atoms with van der Waals surface area (Å²) in [6, 6.07) is 3.40. The van der Waals surface area contributed by atoms with E-state index < -0.39 is 6.09 Å². The predicted molar refractivity (Wildman–Crippen MR) is 140 cm³/mol. The predicted octanol–water partition coefficient (Wildman–Crippen LogP) is 2.30. The van der Waals surface area contributed by atoms with E-state index in [4.69, 9.17) is 14.2 Å². The molecule has 1 N–H and O–H groups in total. The minimum Gasteiger partial charge on any atom is -0.493 e. The van der Waals surface area contributed by atoms with E-state index in [1.54, 1.807) is 47.3 Å². The zero-order valence-electron chi connectivity index (χ0n) is 23.4. The monoisotopic (exact) mass is 528 g/mol. The number of carbonyl (C=O) groups excluding carboxylic acids is 2. The molecule has 3 rings (SSSR count). The van der Waals surface area contributed by atoms with Gasteiger partial charge in [0.1, 0.15) is 13.2 Å². The third kappa shape index (κ3) is 5.64. The molecule has 0 saturated heterocycles. The number of methoxy groups -OCH3 is 1. The minimum atomic E-state index is -0.564. The van der Waals surface area contributed by atoms with Crippen molar-refractivity contribution in [1.29, 1.82) is 0 Å². The zero-order chi connectivity index (χ0) is 28.4. The number of Topliss-reactive ketones (excluding diaryl/α,β-unsaturated/α-hetero) is 1. The van der Waals surface area contributed by atoms with Gasteiger partial charge >= 0.3 is 6.09 Å². The Bertz CT molecular complexity index is 1430. The van der Waals surface area contributed by atoms with E-state index in [-0.39, 0.29) is 36.8 Å². The van der Waals surface area contributed by atoms with Gasteiger partial charge in [-0.3, -0.25) is 9.79 Å².